The molecule has 1 heterocycles. The first-order valence-electron chi connectivity index (χ1n) is 7.21. The van der Waals surface area contributed by atoms with E-state index in [2.05, 4.69) is 0 Å². The molecule has 1 aliphatic rings. The summed E-state index contributed by atoms with van der Waals surface area (Å²) in [5.41, 5.74) is 7.34. The van der Waals surface area contributed by atoms with Crippen LogP contribution in [0.3, 0.4) is 0 Å². The molecule has 0 unspecified atom stereocenters. The molecule has 2 rings (SSSR count). The van der Waals surface area contributed by atoms with Crippen LogP contribution >= 0.6 is 0 Å². The van der Waals surface area contributed by atoms with Crippen LogP contribution in [0.5, 0.6) is 0 Å². The highest BCUT2D eigenvalue weighted by Crippen LogP contribution is 2.30. The second-order valence-electron chi connectivity index (χ2n) is 5.77. The summed E-state index contributed by atoms with van der Waals surface area (Å²) in [6, 6.07) is 5.50. The second-order valence-corrected chi connectivity index (χ2v) is 7.58. The SMILES string of the molecule is Cc1cc(CN)ccc1S(=O)(=O)N1[C@H](C)CCC[C@@H]1C. The molecule has 1 saturated heterocycles. The van der Waals surface area contributed by atoms with Gasteiger partial charge in [-0.2, -0.15) is 4.31 Å². The smallest absolute Gasteiger partial charge is 0.243 e. The molecule has 1 aliphatic heterocycles. The number of nitrogens with zero attached hydrogens (tertiary/aromatic N) is 1. The molecular formula is C15H24N2O2S. The van der Waals surface area contributed by atoms with Gasteiger partial charge >= 0.3 is 0 Å². The third-order valence-electron chi connectivity index (χ3n) is 4.14. The fraction of sp³-hybridized carbons (Fsp3) is 0.600. The van der Waals surface area contributed by atoms with Crippen molar-refractivity contribution >= 4 is 10.0 Å². The van der Waals surface area contributed by atoms with Crippen molar-refractivity contribution in [3.8, 4) is 0 Å². The lowest BCUT2D eigenvalue weighted by molar-refractivity contribution is 0.204. The van der Waals surface area contributed by atoms with Crippen LogP contribution in [0.2, 0.25) is 0 Å². The molecule has 5 heteroatoms. The highest BCUT2D eigenvalue weighted by atomic mass is 32.2. The standard InChI is InChI=1S/C15H24N2O2S/c1-11-9-14(10-16)7-8-15(11)20(18,19)17-12(2)5-4-6-13(17)3/h7-9,12-13H,4-6,10,16H2,1-3H3/t12-,13+. The molecule has 20 heavy (non-hydrogen) atoms. The number of hydrogen-bond donors (Lipinski definition) is 1. The van der Waals surface area contributed by atoms with Gasteiger partial charge in [0.2, 0.25) is 10.0 Å². The van der Waals surface area contributed by atoms with Crippen molar-refractivity contribution in [2.45, 2.75) is 63.6 Å². The van der Waals surface area contributed by atoms with Gasteiger partial charge in [0.1, 0.15) is 0 Å². The van der Waals surface area contributed by atoms with E-state index in [1.54, 1.807) is 16.4 Å². The van der Waals surface area contributed by atoms with Crippen LogP contribution in [0, 0.1) is 6.92 Å². The number of piperidine rings is 1. The Morgan fingerprint density at radius 3 is 2.35 bits per heavy atom. The van der Waals surface area contributed by atoms with E-state index in [0.717, 1.165) is 30.4 Å². The molecule has 4 nitrogen and oxygen atoms in total. The molecule has 1 aromatic carbocycles. The molecule has 0 aromatic heterocycles. The first kappa shape index (κ1) is 15.5. The molecule has 2 N–H and O–H groups in total. The van der Waals surface area contributed by atoms with E-state index in [0.29, 0.717) is 11.4 Å². The molecule has 112 valence electrons. The van der Waals surface area contributed by atoms with Gasteiger partial charge in [0, 0.05) is 18.6 Å². The predicted octanol–water partition coefficient (Wildman–Crippen LogP) is 2.41. The summed E-state index contributed by atoms with van der Waals surface area (Å²) in [5.74, 6) is 0. The molecule has 0 amide bonds. The van der Waals surface area contributed by atoms with E-state index in [1.807, 2.05) is 26.8 Å². The summed E-state index contributed by atoms with van der Waals surface area (Å²) in [4.78, 5) is 0.412. The molecule has 2 atom stereocenters. The van der Waals surface area contributed by atoms with Gasteiger partial charge in [-0.3, -0.25) is 0 Å². The second kappa shape index (κ2) is 5.84. The summed E-state index contributed by atoms with van der Waals surface area (Å²) in [6.45, 7) is 6.26. The highest BCUT2D eigenvalue weighted by Gasteiger charge is 2.36. The van der Waals surface area contributed by atoms with Crippen LogP contribution in [0.25, 0.3) is 0 Å². The van der Waals surface area contributed by atoms with E-state index < -0.39 is 10.0 Å². The third-order valence-corrected chi connectivity index (χ3v) is 6.43. The number of nitrogens with two attached hydrogens (primary N) is 1. The van der Waals surface area contributed by atoms with Crippen LogP contribution in [-0.4, -0.2) is 24.8 Å². The van der Waals surface area contributed by atoms with Crippen LogP contribution in [0.1, 0.15) is 44.2 Å². The Balaban J connectivity index is 2.44. The Morgan fingerprint density at radius 2 is 1.85 bits per heavy atom. The molecule has 0 bridgehead atoms. The molecular weight excluding hydrogens is 272 g/mol. The highest BCUT2D eigenvalue weighted by molar-refractivity contribution is 7.89. The van der Waals surface area contributed by atoms with Crippen LogP contribution < -0.4 is 5.73 Å². The van der Waals surface area contributed by atoms with Crippen LogP contribution in [-0.2, 0) is 16.6 Å². The van der Waals surface area contributed by atoms with Crippen molar-refractivity contribution in [3.05, 3.63) is 29.3 Å². The number of benzene rings is 1. The minimum atomic E-state index is -3.42. The Labute approximate surface area is 122 Å². The van der Waals surface area contributed by atoms with Crippen LogP contribution in [0.15, 0.2) is 23.1 Å². The maximum atomic E-state index is 12.9. The Bertz CT molecular complexity index is 574. The molecule has 0 aliphatic carbocycles. The summed E-state index contributed by atoms with van der Waals surface area (Å²) < 4.78 is 27.5. The predicted molar refractivity (Wildman–Crippen MR) is 80.9 cm³/mol. The van der Waals surface area contributed by atoms with E-state index in [-0.39, 0.29) is 12.1 Å². The number of aryl methyl sites for hydroxylation is 1. The van der Waals surface area contributed by atoms with Gasteiger partial charge in [-0.05, 0) is 50.8 Å². The fourth-order valence-electron chi connectivity index (χ4n) is 3.11. The third kappa shape index (κ3) is 2.75. The Kier molecular flexibility index (Phi) is 4.52. The van der Waals surface area contributed by atoms with Crippen molar-refractivity contribution in [3.63, 3.8) is 0 Å². The lowest BCUT2D eigenvalue weighted by Crippen LogP contribution is -2.47. The van der Waals surface area contributed by atoms with Crippen molar-refractivity contribution < 1.29 is 8.42 Å². The molecule has 1 fully saturated rings. The van der Waals surface area contributed by atoms with Crippen molar-refractivity contribution in [2.75, 3.05) is 0 Å². The fourth-order valence-corrected chi connectivity index (χ4v) is 5.20. The normalized spacial score (nSPS) is 24.8. The monoisotopic (exact) mass is 296 g/mol. The molecule has 0 radical (unpaired) electrons. The topological polar surface area (TPSA) is 63.4 Å². The average Bonchev–Trinajstić information content (AvgIpc) is 2.37. The maximum absolute atomic E-state index is 12.9. The summed E-state index contributed by atoms with van der Waals surface area (Å²) in [5, 5.41) is 0. The summed E-state index contributed by atoms with van der Waals surface area (Å²) in [7, 11) is -3.42. The number of hydrogen-bond acceptors (Lipinski definition) is 3. The summed E-state index contributed by atoms with van der Waals surface area (Å²) in [6.07, 6.45) is 2.96. The zero-order valence-corrected chi connectivity index (χ0v) is 13.3. The Hall–Kier alpha value is -0.910. The largest absolute Gasteiger partial charge is 0.326 e. The van der Waals surface area contributed by atoms with Crippen molar-refractivity contribution in [1.29, 1.82) is 0 Å². The first-order valence-corrected chi connectivity index (χ1v) is 8.65. The van der Waals surface area contributed by atoms with Gasteiger partial charge in [-0.25, -0.2) is 8.42 Å². The maximum Gasteiger partial charge on any atom is 0.243 e. The average molecular weight is 296 g/mol. The van der Waals surface area contributed by atoms with E-state index >= 15 is 0 Å². The van der Waals surface area contributed by atoms with E-state index in [9.17, 15) is 8.42 Å². The molecule has 1 aromatic rings. The lowest BCUT2D eigenvalue weighted by atomic mass is 10.0. The summed E-state index contributed by atoms with van der Waals surface area (Å²) >= 11 is 0. The lowest BCUT2D eigenvalue weighted by Gasteiger charge is -2.38. The Morgan fingerprint density at radius 1 is 1.25 bits per heavy atom. The van der Waals surface area contributed by atoms with Crippen molar-refractivity contribution in [1.82, 2.24) is 4.31 Å². The van der Waals surface area contributed by atoms with Crippen LogP contribution in [0.4, 0.5) is 0 Å². The van der Waals surface area contributed by atoms with Gasteiger partial charge in [0.15, 0.2) is 0 Å². The van der Waals surface area contributed by atoms with Gasteiger partial charge in [-0.1, -0.05) is 18.6 Å². The van der Waals surface area contributed by atoms with Crippen molar-refractivity contribution in [2.24, 2.45) is 5.73 Å². The zero-order valence-electron chi connectivity index (χ0n) is 12.5. The van der Waals surface area contributed by atoms with Gasteiger partial charge < -0.3 is 5.73 Å². The van der Waals surface area contributed by atoms with Gasteiger partial charge in [-0.15, -0.1) is 0 Å². The first-order chi connectivity index (χ1) is 9.37. The molecule has 0 saturated carbocycles. The minimum Gasteiger partial charge on any atom is -0.326 e. The minimum absolute atomic E-state index is 0.0670. The van der Waals surface area contributed by atoms with Gasteiger partial charge in [0.05, 0.1) is 4.90 Å². The van der Waals surface area contributed by atoms with E-state index in [1.165, 1.54) is 0 Å². The number of sulfonamides is 1. The van der Waals surface area contributed by atoms with E-state index in [4.69, 9.17) is 5.73 Å². The number of rotatable bonds is 3. The van der Waals surface area contributed by atoms with Gasteiger partial charge in [0.25, 0.3) is 0 Å². The zero-order chi connectivity index (χ0) is 14.9. The quantitative estimate of drug-likeness (QED) is 0.931. The molecule has 0 spiro atoms.